The van der Waals surface area contributed by atoms with E-state index in [1.54, 1.807) is 28.1 Å². The molecule has 1 amide bonds. The van der Waals surface area contributed by atoms with Crippen molar-refractivity contribution in [3.05, 3.63) is 59.2 Å². The van der Waals surface area contributed by atoms with Gasteiger partial charge >= 0.3 is 0 Å². The van der Waals surface area contributed by atoms with E-state index in [1.807, 2.05) is 0 Å². The highest BCUT2D eigenvalue weighted by Gasteiger charge is 2.26. The van der Waals surface area contributed by atoms with Crippen LogP contribution in [0.1, 0.15) is 15.9 Å². The van der Waals surface area contributed by atoms with Crippen molar-refractivity contribution < 1.29 is 18.0 Å². The number of pyridine rings is 1. The highest BCUT2D eigenvalue weighted by atomic mass is 19.2. The van der Waals surface area contributed by atoms with Crippen molar-refractivity contribution in [3.63, 3.8) is 0 Å². The molecule has 0 atom stereocenters. The molecule has 1 saturated heterocycles. The number of aromatic nitrogens is 1. The summed E-state index contributed by atoms with van der Waals surface area (Å²) in [6.07, 6.45) is 3.08. The van der Waals surface area contributed by atoms with Gasteiger partial charge in [-0.1, -0.05) is 0 Å². The molecule has 1 aromatic carbocycles. The number of rotatable bonds is 2. The maximum Gasteiger partial charge on any atom is 0.255 e. The number of carbonyl (C=O) groups is 1. The minimum absolute atomic E-state index is 0.0277. The second kappa shape index (κ2) is 6.51. The van der Waals surface area contributed by atoms with Crippen molar-refractivity contribution >= 4 is 11.6 Å². The Labute approximate surface area is 137 Å². The third kappa shape index (κ3) is 2.93. The lowest BCUT2D eigenvalue weighted by atomic mass is 10.1. The van der Waals surface area contributed by atoms with Crippen LogP contribution in [-0.2, 0) is 0 Å². The molecule has 4 nitrogen and oxygen atoms in total. The van der Waals surface area contributed by atoms with Gasteiger partial charge in [-0.05, 0) is 19.1 Å². The first kappa shape index (κ1) is 16.3. The van der Waals surface area contributed by atoms with Crippen LogP contribution in [0.5, 0.6) is 0 Å². The molecule has 0 bridgehead atoms. The number of carbonyl (C=O) groups excluding carboxylic acids is 1. The Morgan fingerprint density at radius 3 is 2.46 bits per heavy atom. The lowest BCUT2D eigenvalue weighted by Crippen LogP contribution is -2.49. The van der Waals surface area contributed by atoms with Crippen LogP contribution in [0.25, 0.3) is 0 Å². The molecule has 0 saturated carbocycles. The summed E-state index contributed by atoms with van der Waals surface area (Å²) in [6, 6.07) is 4.24. The minimum Gasteiger partial charge on any atom is -0.366 e. The number of halogens is 3. The molecule has 3 rings (SSSR count). The van der Waals surface area contributed by atoms with E-state index < -0.39 is 17.5 Å². The Balaban J connectivity index is 1.73. The van der Waals surface area contributed by atoms with Gasteiger partial charge < -0.3 is 9.80 Å². The van der Waals surface area contributed by atoms with Gasteiger partial charge in [0.2, 0.25) is 0 Å². The molecule has 0 spiro atoms. The molecule has 0 N–H and O–H groups in total. The molecule has 126 valence electrons. The molecule has 0 radical (unpaired) electrons. The molecule has 1 aliphatic rings. The van der Waals surface area contributed by atoms with Crippen LogP contribution in [-0.4, -0.2) is 42.0 Å². The van der Waals surface area contributed by atoms with Gasteiger partial charge in [0, 0.05) is 50.2 Å². The molecule has 2 heterocycles. The van der Waals surface area contributed by atoms with Crippen molar-refractivity contribution in [1.82, 2.24) is 9.88 Å². The van der Waals surface area contributed by atoms with Crippen LogP contribution in [0.2, 0.25) is 0 Å². The number of hydrogen-bond acceptors (Lipinski definition) is 3. The van der Waals surface area contributed by atoms with Crippen LogP contribution in [0, 0.1) is 24.4 Å². The molecule has 2 aromatic rings. The number of nitrogens with zero attached hydrogens (tertiary/aromatic N) is 3. The summed E-state index contributed by atoms with van der Waals surface area (Å²) in [5.74, 6) is -3.15. The van der Waals surface area contributed by atoms with E-state index in [4.69, 9.17) is 0 Å². The van der Waals surface area contributed by atoms with Crippen molar-refractivity contribution in [1.29, 1.82) is 0 Å². The molecular formula is C17H16F3N3O. The molecule has 1 aliphatic heterocycles. The van der Waals surface area contributed by atoms with Gasteiger partial charge in [0.25, 0.3) is 5.91 Å². The van der Waals surface area contributed by atoms with Gasteiger partial charge in [-0.25, -0.2) is 13.2 Å². The predicted octanol–water partition coefficient (Wildman–Crippen LogP) is 2.77. The fourth-order valence-corrected chi connectivity index (χ4v) is 2.77. The highest BCUT2D eigenvalue weighted by Crippen LogP contribution is 2.27. The van der Waals surface area contributed by atoms with Crippen LogP contribution >= 0.6 is 0 Å². The normalized spacial score (nSPS) is 14.8. The first-order chi connectivity index (χ1) is 11.5. The van der Waals surface area contributed by atoms with Crippen LogP contribution in [0.4, 0.5) is 18.9 Å². The first-order valence-electron chi connectivity index (χ1n) is 7.57. The number of amides is 1. The van der Waals surface area contributed by atoms with E-state index in [-0.39, 0.29) is 17.2 Å². The lowest BCUT2D eigenvalue weighted by Gasteiger charge is -2.36. The Morgan fingerprint density at radius 2 is 1.83 bits per heavy atom. The summed E-state index contributed by atoms with van der Waals surface area (Å²) >= 11 is 0. The standard InChI is InChI=1S/C17H16F3N3O/c1-11-15(19)13(18)9-14(16(11)20)22-5-7-23(8-6-22)17(24)12-3-2-4-21-10-12/h2-4,9-10H,5-8H2,1H3. The van der Waals surface area contributed by atoms with E-state index in [9.17, 15) is 18.0 Å². The summed E-state index contributed by atoms with van der Waals surface area (Å²) in [4.78, 5) is 19.5. The summed E-state index contributed by atoms with van der Waals surface area (Å²) in [5.41, 5.74) is 0.180. The average molecular weight is 335 g/mol. The molecule has 1 aromatic heterocycles. The monoisotopic (exact) mass is 335 g/mol. The van der Waals surface area contributed by atoms with Gasteiger partial charge in [0.1, 0.15) is 0 Å². The van der Waals surface area contributed by atoms with Crippen molar-refractivity contribution in [2.45, 2.75) is 6.92 Å². The molecule has 7 heteroatoms. The van der Waals surface area contributed by atoms with E-state index in [0.717, 1.165) is 6.07 Å². The van der Waals surface area contributed by atoms with Gasteiger partial charge in [0.15, 0.2) is 17.5 Å². The van der Waals surface area contributed by atoms with Gasteiger partial charge in [-0.3, -0.25) is 9.78 Å². The molecule has 1 fully saturated rings. The van der Waals surface area contributed by atoms with Crippen molar-refractivity contribution in [2.24, 2.45) is 0 Å². The Kier molecular flexibility index (Phi) is 4.42. The third-order valence-corrected chi connectivity index (χ3v) is 4.17. The van der Waals surface area contributed by atoms with E-state index in [0.29, 0.717) is 31.7 Å². The zero-order valence-electron chi connectivity index (χ0n) is 13.1. The second-order valence-corrected chi connectivity index (χ2v) is 5.65. The zero-order chi connectivity index (χ0) is 17.3. The fraction of sp³-hybridized carbons (Fsp3) is 0.294. The van der Waals surface area contributed by atoms with Crippen LogP contribution in [0.15, 0.2) is 30.6 Å². The molecule has 0 unspecified atom stereocenters. The molecule has 24 heavy (non-hydrogen) atoms. The summed E-state index contributed by atoms with van der Waals surface area (Å²) in [7, 11) is 0. The minimum atomic E-state index is -1.17. The summed E-state index contributed by atoms with van der Waals surface area (Å²) in [5, 5.41) is 0. The predicted molar refractivity (Wildman–Crippen MR) is 83.4 cm³/mol. The van der Waals surface area contributed by atoms with E-state index >= 15 is 0 Å². The van der Waals surface area contributed by atoms with Crippen LogP contribution in [0.3, 0.4) is 0 Å². The van der Waals surface area contributed by atoms with Crippen LogP contribution < -0.4 is 4.90 Å². The maximum atomic E-state index is 14.2. The van der Waals surface area contributed by atoms with Crippen molar-refractivity contribution in [3.8, 4) is 0 Å². The molecule has 0 aliphatic carbocycles. The lowest BCUT2D eigenvalue weighted by molar-refractivity contribution is 0.0746. The average Bonchev–Trinajstić information content (AvgIpc) is 2.63. The van der Waals surface area contributed by atoms with Gasteiger partial charge in [-0.2, -0.15) is 0 Å². The zero-order valence-corrected chi connectivity index (χ0v) is 13.1. The topological polar surface area (TPSA) is 36.4 Å². The Hall–Kier alpha value is -2.57. The first-order valence-corrected chi connectivity index (χ1v) is 7.57. The maximum absolute atomic E-state index is 14.2. The number of anilines is 1. The van der Waals surface area contributed by atoms with E-state index in [1.165, 1.54) is 13.1 Å². The second-order valence-electron chi connectivity index (χ2n) is 5.65. The highest BCUT2D eigenvalue weighted by molar-refractivity contribution is 5.94. The van der Waals surface area contributed by atoms with Gasteiger partial charge in [-0.15, -0.1) is 0 Å². The molecular weight excluding hydrogens is 319 g/mol. The smallest absolute Gasteiger partial charge is 0.255 e. The quantitative estimate of drug-likeness (QED) is 0.792. The van der Waals surface area contributed by atoms with E-state index in [2.05, 4.69) is 4.98 Å². The van der Waals surface area contributed by atoms with Gasteiger partial charge in [0.05, 0.1) is 11.3 Å². The SMILES string of the molecule is Cc1c(F)c(F)cc(N2CCN(C(=O)c3cccnc3)CC2)c1F. The number of hydrogen-bond donors (Lipinski definition) is 0. The number of piperazine rings is 1. The summed E-state index contributed by atoms with van der Waals surface area (Å²) < 4.78 is 41.2. The summed E-state index contributed by atoms with van der Waals surface area (Å²) in [6.45, 7) is 2.62. The van der Waals surface area contributed by atoms with Crippen molar-refractivity contribution in [2.75, 3.05) is 31.1 Å². The Bertz CT molecular complexity index is 759. The third-order valence-electron chi connectivity index (χ3n) is 4.17. The Morgan fingerprint density at radius 1 is 1.12 bits per heavy atom. The largest absolute Gasteiger partial charge is 0.366 e. The fourth-order valence-electron chi connectivity index (χ4n) is 2.77. The number of benzene rings is 1.